The molecule has 1 amide bonds. The molecule has 1 N–H and O–H groups in total. The zero-order valence-electron chi connectivity index (χ0n) is 13.5. The van der Waals surface area contributed by atoms with E-state index in [0.29, 0.717) is 6.61 Å². The standard InChI is InChI=1S/C17H18N4O3/c1-3-9-24-14-11-21(12-7-5-4-6-8-12)20-15(14)16(22)13(10-18)17(23)19-2/h4-8,11,13H,3,9H2,1-2H3,(H,19,23)/t13-/m1/s1. The second kappa shape index (κ2) is 7.92. The van der Waals surface area contributed by atoms with E-state index in [9.17, 15) is 9.59 Å². The van der Waals surface area contributed by atoms with Crippen LogP contribution in [0.1, 0.15) is 23.8 Å². The lowest BCUT2D eigenvalue weighted by Gasteiger charge is -2.07. The van der Waals surface area contributed by atoms with E-state index in [-0.39, 0.29) is 11.4 Å². The lowest BCUT2D eigenvalue weighted by Crippen LogP contribution is -2.32. The molecule has 24 heavy (non-hydrogen) atoms. The van der Waals surface area contributed by atoms with Crippen LogP contribution in [0.5, 0.6) is 5.75 Å². The number of nitriles is 1. The lowest BCUT2D eigenvalue weighted by molar-refractivity contribution is -0.121. The van der Waals surface area contributed by atoms with Gasteiger partial charge in [0.15, 0.2) is 17.4 Å². The van der Waals surface area contributed by atoms with E-state index in [1.54, 1.807) is 12.3 Å². The van der Waals surface area contributed by atoms with Crippen molar-refractivity contribution >= 4 is 11.7 Å². The summed E-state index contributed by atoms with van der Waals surface area (Å²) in [5, 5.41) is 15.7. The van der Waals surface area contributed by atoms with Gasteiger partial charge in [0.1, 0.15) is 0 Å². The smallest absolute Gasteiger partial charge is 0.245 e. The predicted molar refractivity (Wildman–Crippen MR) is 86.9 cm³/mol. The topological polar surface area (TPSA) is 97.0 Å². The maximum Gasteiger partial charge on any atom is 0.245 e. The molecule has 1 heterocycles. The molecule has 0 spiro atoms. The number of aromatic nitrogens is 2. The van der Waals surface area contributed by atoms with Crippen LogP contribution >= 0.6 is 0 Å². The van der Waals surface area contributed by atoms with E-state index in [2.05, 4.69) is 10.4 Å². The largest absolute Gasteiger partial charge is 0.489 e. The Kier molecular flexibility index (Phi) is 5.68. The van der Waals surface area contributed by atoms with Crippen LogP contribution in [0.15, 0.2) is 36.5 Å². The summed E-state index contributed by atoms with van der Waals surface area (Å²) < 4.78 is 7.07. The van der Waals surface area contributed by atoms with E-state index in [0.717, 1.165) is 12.1 Å². The average Bonchev–Trinajstić information content (AvgIpc) is 3.05. The van der Waals surface area contributed by atoms with Gasteiger partial charge in [0.25, 0.3) is 0 Å². The third-order valence-electron chi connectivity index (χ3n) is 3.30. The number of rotatable bonds is 7. The molecule has 0 saturated carbocycles. The fourth-order valence-electron chi connectivity index (χ4n) is 2.08. The molecule has 2 aromatic rings. The molecule has 1 atom stereocenters. The summed E-state index contributed by atoms with van der Waals surface area (Å²) >= 11 is 0. The summed E-state index contributed by atoms with van der Waals surface area (Å²) in [6.07, 6.45) is 2.33. The van der Waals surface area contributed by atoms with Gasteiger partial charge in [-0.3, -0.25) is 9.59 Å². The first kappa shape index (κ1) is 17.2. The van der Waals surface area contributed by atoms with Crippen molar-refractivity contribution in [1.29, 1.82) is 5.26 Å². The normalized spacial score (nSPS) is 11.4. The summed E-state index contributed by atoms with van der Waals surface area (Å²) in [4.78, 5) is 24.3. The highest BCUT2D eigenvalue weighted by Gasteiger charge is 2.31. The Morgan fingerprint density at radius 3 is 2.67 bits per heavy atom. The van der Waals surface area contributed by atoms with Crippen molar-refractivity contribution in [2.24, 2.45) is 5.92 Å². The SMILES string of the molecule is CCCOc1cn(-c2ccccc2)nc1C(=O)[C@@H](C#N)C(=O)NC. The molecule has 2 rings (SSSR count). The molecule has 0 aliphatic heterocycles. The summed E-state index contributed by atoms with van der Waals surface area (Å²) in [6.45, 7) is 2.34. The summed E-state index contributed by atoms with van der Waals surface area (Å²) in [5.41, 5.74) is 0.716. The zero-order chi connectivity index (χ0) is 17.5. The quantitative estimate of drug-likeness (QED) is 0.617. The summed E-state index contributed by atoms with van der Waals surface area (Å²) in [5.74, 6) is -2.55. The molecule has 0 unspecified atom stereocenters. The Hall–Kier alpha value is -3.14. The van der Waals surface area contributed by atoms with Crippen LogP contribution < -0.4 is 10.1 Å². The number of hydrogen-bond acceptors (Lipinski definition) is 5. The Labute approximate surface area is 139 Å². The van der Waals surface area contributed by atoms with Crippen molar-refractivity contribution in [3.63, 3.8) is 0 Å². The minimum atomic E-state index is -1.46. The number of nitrogens with one attached hydrogen (secondary N) is 1. The van der Waals surface area contributed by atoms with Gasteiger partial charge < -0.3 is 10.1 Å². The monoisotopic (exact) mass is 326 g/mol. The summed E-state index contributed by atoms with van der Waals surface area (Å²) in [6, 6.07) is 10.9. The molecule has 1 aromatic carbocycles. The molecule has 7 heteroatoms. The first-order valence-corrected chi connectivity index (χ1v) is 7.55. The van der Waals surface area contributed by atoms with E-state index in [4.69, 9.17) is 10.00 Å². The molecule has 0 aliphatic carbocycles. The number of nitrogens with zero attached hydrogens (tertiary/aromatic N) is 3. The highest BCUT2D eigenvalue weighted by molar-refractivity contribution is 6.12. The molecule has 0 bridgehead atoms. The highest BCUT2D eigenvalue weighted by Crippen LogP contribution is 2.23. The van der Waals surface area contributed by atoms with Crippen molar-refractivity contribution < 1.29 is 14.3 Å². The van der Waals surface area contributed by atoms with Crippen LogP contribution in [0.25, 0.3) is 5.69 Å². The first-order chi connectivity index (χ1) is 11.6. The van der Waals surface area contributed by atoms with Gasteiger partial charge in [0.2, 0.25) is 11.7 Å². The van der Waals surface area contributed by atoms with Crippen molar-refractivity contribution in [3.05, 3.63) is 42.2 Å². The molecule has 124 valence electrons. The number of amides is 1. The number of carbonyl (C=O) groups excluding carboxylic acids is 2. The van der Waals surface area contributed by atoms with Crippen LogP contribution in [0.3, 0.4) is 0 Å². The van der Waals surface area contributed by atoms with Gasteiger partial charge in [-0.2, -0.15) is 10.4 Å². The highest BCUT2D eigenvalue weighted by atomic mass is 16.5. The molecular formula is C17H18N4O3. The van der Waals surface area contributed by atoms with Crippen molar-refractivity contribution in [2.45, 2.75) is 13.3 Å². The van der Waals surface area contributed by atoms with E-state index in [1.165, 1.54) is 11.7 Å². The number of ether oxygens (including phenoxy) is 1. The number of ketones is 1. The third kappa shape index (κ3) is 3.60. The van der Waals surface area contributed by atoms with Gasteiger partial charge in [-0.15, -0.1) is 0 Å². The van der Waals surface area contributed by atoms with Crippen LogP contribution in [0, 0.1) is 17.2 Å². The summed E-state index contributed by atoms with van der Waals surface area (Å²) in [7, 11) is 1.37. The number of benzene rings is 1. The molecule has 0 radical (unpaired) electrons. The Morgan fingerprint density at radius 2 is 2.08 bits per heavy atom. The molecular weight excluding hydrogens is 308 g/mol. The number of hydrogen-bond donors (Lipinski definition) is 1. The Morgan fingerprint density at radius 1 is 1.38 bits per heavy atom. The molecule has 7 nitrogen and oxygen atoms in total. The van der Waals surface area contributed by atoms with Crippen LogP contribution in [0.2, 0.25) is 0 Å². The maximum atomic E-state index is 12.6. The Balaban J connectivity index is 2.43. The fourth-order valence-corrected chi connectivity index (χ4v) is 2.08. The van der Waals surface area contributed by atoms with Gasteiger partial charge in [0.05, 0.1) is 24.6 Å². The number of para-hydroxylation sites is 1. The van der Waals surface area contributed by atoms with E-state index < -0.39 is 17.6 Å². The molecule has 0 saturated heterocycles. The van der Waals surface area contributed by atoms with Crippen LogP contribution in [-0.4, -0.2) is 35.1 Å². The maximum absolute atomic E-state index is 12.6. The van der Waals surface area contributed by atoms with Crippen molar-refractivity contribution in [2.75, 3.05) is 13.7 Å². The fraction of sp³-hybridized carbons (Fsp3) is 0.294. The first-order valence-electron chi connectivity index (χ1n) is 7.55. The number of carbonyl (C=O) groups is 2. The van der Waals surface area contributed by atoms with Crippen LogP contribution in [-0.2, 0) is 4.79 Å². The molecule has 0 fully saturated rings. The Bertz CT molecular complexity index is 762. The lowest BCUT2D eigenvalue weighted by atomic mass is 10.0. The van der Waals surface area contributed by atoms with Gasteiger partial charge >= 0.3 is 0 Å². The molecule has 0 aliphatic rings. The van der Waals surface area contributed by atoms with Gasteiger partial charge in [-0.1, -0.05) is 25.1 Å². The second-order valence-electron chi connectivity index (χ2n) is 5.01. The van der Waals surface area contributed by atoms with Gasteiger partial charge in [-0.05, 0) is 18.6 Å². The molecule has 1 aromatic heterocycles. The van der Waals surface area contributed by atoms with Crippen molar-refractivity contribution in [1.82, 2.24) is 15.1 Å². The van der Waals surface area contributed by atoms with Crippen molar-refractivity contribution in [3.8, 4) is 17.5 Å². The van der Waals surface area contributed by atoms with E-state index >= 15 is 0 Å². The minimum absolute atomic E-state index is 0.0255. The van der Waals surface area contributed by atoms with Gasteiger partial charge in [-0.25, -0.2) is 4.68 Å². The predicted octanol–water partition coefficient (Wildman–Crippen LogP) is 1.73. The number of Topliss-reactive ketones (excluding diaryl/α,β-unsaturated/α-hetero) is 1. The average molecular weight is 326 g/mol. The zero-order valence-corrected chi connectivity index (χ0v) is 13.5. The third-order valence-corrected chi connectivity index (χ3v) is 3.30. The van der Waals surface area contributed by atoms with Gasteiger partial charge in [0, 0.05) is 7.05 Å². The second-order valence-corrected chi connectivity index (χ2v) is 5.01. The minimum Gasteiger partial charge on any atom is -0.489 e. The van der Waals surface area contributed by atoms with Crippen LogP contribution in [0.4, 0.5) is 0 Å². The van der Waals surface area contributed by atoms with E-state index in [1.807, 2.05) is 37.3 Å².